The smallest absolute Gasteiger partial charge is 0.200 e. The van der Waals surface area contributed by atoms with E-state index >= 15 is 0 Å². The van der Waals surface area contributed by atoms with Crippen LogP contribution in [0.25, 0.3) is 0 Å². The van der Waals surface area contributed by atoms with Crippen LogP contribution in [0, 0.1) is 22.0 Å². The average molecular weight is 342 g/mol. The van der Waals surface area contributed by atoms with E-state index in [1.54, 1.807) is 4.68 Å². The highest BCUT2D eigenvalue weighted by atomic mass is 32.2. The first-order valence-electron chi connectivity index (χ1n) is 8.16. The Morgan fingerprint density at radius 1 is 1.38 bits per heavy atom. The zero-order valence-corrected chi connectivity index (χ0v) is 14.8. The minimum absolute atomic E-state index is 0.152. The Hall–Kier alpha value is -1.84. The molecular weight excluding hydrogens is 320 g/mol. The molecule has 1 aliphatic carbocycles. The van der Waals surface area contributed by atoms with E-state index < -0.39 is 5.60 Å². The molecule has 5 nitrogen and oxygen atoms in total. The van der Waals surface area contributed by atoms with Crippen molar-refractivity contribution in [3.8, 4) is 5.40 Å². The molecular formula is C18H22N4OS. The molecule has 2 atom stereocenters. The number of hydrogen-bond acceptors (Lipinski definition) is 5. The molecule has 1 saturated carbocycles. The van der Waals surface area contributed by atoms with Crippen LogP contribution in [0.5, 0.6) is 0 Å². The molecule has 1 aliphatic rings. The molecule has 0 bridgehead atoms. The van der Waals surface area contributed by atoms with Crippen molar-refractivity contribution in [3.05, 3.63) is 42.2 Å². The van der Waals surface area contributed by atoms with Crippen LogP contribution in [-0.2, 0) is 13.0 Å². The number of thiocyanates is 1. The summed E-state index contributed by atoms with van der Waals surface area (Å²) >= 11 is 0.980. The standard InChI is InChI=1S/C18H22N4OS/c1-17(2)9-8-15(10-14-6-4-3-5-7-14)18(17,23)11-22-16(24-12-19)20-13-21-22/h3-7,13,15,23H,8-11H2,1-2H3. The van der Waals surface area contributed by atoms with Gasteiger partial charge in [0.05, 0.1) is 12.1 Å². The Balaban J connectivity index is 1.87. The van der Waals surface area contributed by atoms with Gasteiger partial charge in [-0.25, -0.2) is 9.67 Å². The summed E-state index contributed by atoms with van der Waals surface area (Å²) in [5, 5.41) is 27.3. The van der Waals surface area contributed by atoms with Gasteiger partial charge in [0.2, 0.25) is 5.16 Å². The van der Waals surface area contributed by atoms with Gasteiger partial charge in [0, 0.05) is 11.8 Å². The molecule has 0 saturated heterocycles. The Kier molecular flexibility index (Phi) is 4.66. The van der Waals surface area contributed by atoms with Crippen LogP contribution >= 0.6 is 11.8 Å². The third-order valence-corrected chi connectivity index (χ3v) is 5.99. The fraction of sp³-hybridized carbons (Fsp3) is 0.500. The van der Waals surface area contributed by atoms with Gasteiger partial charge >= 0.3 is 0 Å². The molecule has 3 rings (SSSR count). The van der Waals surface area contributed by atoms with Crippen LogP contribution in [0.4, 0.5) is 0 Å². The van der Waals surface area contributed by atoms with Crippen LogP contribution < -0.4 is 0 Å². The number of nitrogens with zero attached hydrogens (tertiary/aromatic N) is 4. The van der Waals surface area contributed by atoms with Gasteiger partial charge in [-0.1, -0.05) is 44.2 Å². The monoisotopic (exact) mass is 342 g/mol. The quantitative estimate of drug-likeness (QED) is 0.667. The van der Waals surface area contributed by atoms with Gasteiger partial charge in [-0.15, -0.1) is 0 Å². The number of rotatable bonds is 5. The number of nitriles is 1. The lowest BCUT2D eigenvalue weighted by atomic mass is 9.72. The largest absolute Gasteiger partial charge is 0.387 e. The molecule has 0 aliphatic heterocycles. The number of aliphatic hydroxyl groups is 1. The van der Waals surface area contributed by atoms with Gasteiger partial charge in [0.1, 0.15) is 11.7 Å². The van der Waals surface area contributed by atoms with Gasteiger partial charge in [0.15, 0.2) is 0 Å². The van der Waals surface area contributed by atoms with E-state index in [2.05, 4.69) is 36.1 Å². The summed E-state index contributed by atoms with van der Waals surface area (Å²) in [5.74, 6) is 0.152. The molecule has 1 aromatic heterocycles. The van der Waals surface area contributed by atoms with Crippen molar-refractivity contribution >= 4 is 11.8 Å². The summed E-state index contributed by atoms with van der Waals surface area (Å²) < 4.78 is 1.67. The fourth-order valence-corrected chi connectivity index (χ4v) is 4.16. The first-order chi connectivity index (χ1) is 11.5. The molecule has 2 aromatic rings. The molecule has 6 heteroatoms. The summed E-state index contributed by atoms with van der Waals surface area (Å²) in [4.78, 5) is 4.12. The lowest BCUT2D eigenvalue weighted by Gasteiger charge is -2.41. The highest BCUT2D eigenvalue weighted by Crippen LogP contribution is 2.51. The van der Waals surface area contributed by atoms with E-state index in [9.17, 15) is 5.11 Å². The first-order valence-corrected chi connectivity index (χ1v) is 8.98. The maximum atomic E-state index is 11.6. The fourth-order valence-electron chi connectivity index (χ4n) is 3.77. The summed E-state index contributed by atoms with van der Waals surface area (Å²) in [5.41, 5.74) is 0.137. The van der Waals surface area contributed by atoms with Crippen molar-refractivity contribution in [3.63, 3.8) is 0 Å². The second kappa shape index (κ2) is 6.58. The molecule has 0 spiro atoms. The van der Waals surface area contributed by atoms with Gasteiger partial charge in [0.25, 0.3) is 0 Å². The van der Waals surface area contributed by atoms with Crippen molar-refractivity contribution in [1.29, 1.82) is 5.26 Å². The summed E-state index contributed by atoms with van der Waals surface area (Å²) in [6.07, 6.45) is 4.23. The van der Waals surface area contributed by atoms with Crippen molar-refractivity contribution in [1.82, 2.24) is 14.8 Å². The minimum Gasteiger partial charge on any atom is -0.387 e. The van der Waals surface area contributed by atoms with Gasteiger partial charge in [-0.2, -0.15) is 10.4 Å². The van der Waals surface area contributed by atoms with E-state index in [0.717, 1.165) is 31.0 Å². The van der Waals surface area contributed by atoms with Crippen molar-refractivity contribution in [2.75, 3.05) is 0 Å². The third-order valence-electron chi connectivity index (χ3n) is 5.40. The van der Waals surface area contributed by atoms with Crippen LogP contribution in [0.3, 0.4) is 0 Å². The van der Waals surface area contributed by atoms with Gasteiger partial charge in [-0.05, 0) is 36.2 Å². The Morgan fingerprint density at radius 3 is 2.83 bits per heavy atom. The van der Waals surface area contributed by atoms with Crippen molar-refractivity contribution < 1.29 is 5.11 Å². The molecule has 2 unspecified atom stereocenters. The predicted octanol–water partition coefficient (Wildman–Crippen LogP) is 3.26. The Labute approximate surface area is 146 Å². The molecule has 1 aromatic carbocycles. The second-order valence-corrected chi connectivity index (χ2v) is 7.88. The lowest BCUT2D eigenvalue weighted by molar-refractivity contribution is -0.0923. The normalized spacial score (nSPS) is 25.5. The highest BCUT2D eigenvalue weighted by Gasteiger charge is 2.54. The highest BCUT2D eigenvalue weighted by molar-refractivity contribution is 8.03. The summed E-state index contributed by atoms with van der Waals surface area (Å²) in [7, 11) is 0. The molecule has 24 heavy (non-hydrogen) atoms. The summed E-state index contributed by atoms with van der Waals surface area (Å²) in [6.45, 7) is 4.60. The third kappa shape index (κ3) is 3.06. The van der Waals surface area contributed by atoms with Crippen LogP contribution in [0.15, 0.2) is 41.8 Å². The zero-order chi connectivity index (χ0) is 17.2. The minimum atomic E-state index is -0.888. The zero-order valence-electron chi connectivity index (χ0n) is 14.0. The SMILES string of the molecule is CC1(C)CCC(Cc2ccccc2)C1(O)Cn1ncnc1SC#N. The van der Waals surface area contributed by atoms with E-state index in [1.807, 2.05) is 23.6 Å². The molecule has 1 heterocycles. The predicted molar refractivity (Wildman–Crippen MR) is 93.1 cm³/mol. The van der Waals surface area contributed by atoms with Gasteiger partial charge < -0.3 is 5.11 Å². The van der Waals surface area contributed by atoms with E-state index in [4.69, 9.17) is 5.26 Å². The number of benzene rings is 1. The Morgan fingerprint density at radius 2 is 2.12 bits per heavy atom. The molecule has 0 amide bonds. The second-order valence-electron chi connectivity index (χ2n) is 7.13. The number of thioether (sulfide) groups is 1. The molecule has 1 N–H and O–H groups in total. The lowest BCUT2D eigenvalue weighted by Crippen LogP contribution is -2.49. The number of aromatic nitrogens is 3. The van der Waals surface area contributed by atoms with E-state index in [0.29, 0.717) is 11.7 Å². The maximum absolute atomic E-state index is 11.6. The molecule has 126 valence electrons. The van der Waals surface area contributed by atoms with Crippen LogP contribution in [-0.4, -0.2) is 25.5 Å². The Bertz CT molecular complexity index is 737. The van der Waals surface area contributed by atoms with Gasteiger partial charge in [-0.3, -0.25) is 0 Å². The van der Waals surface area contributed by atoms with Crippen LogP contribution in [0.1, 0.15) is 32.3 Å². The molecule has 1 fully saturated rings. The maximum Gasteiger partial charge on any atom is 0.200 e. The number of hydrogen-bond donors (Lipinski definition) is 1. The van der Waals surface area contributed by atoms with Crippen LogP contribution in [0.2, 0.25) is 0 Å². The topological polar surface area (TPSA) is 74.7 Å². The summed E-state index contributed by atoms with van der Waals surface area (Å²) in [6, 6.07) is 10.3. The first kappa shape index (κ1) is 17.0. The average Bonchev–Trinajstić information content (AvgIpc) is 3.07. The molecule has 0 radical (unpaired) electrons. The van der Waals surface area contributed by atoms with Crippen molar-refractivity contribution in [2.24, 2.45) is 11.3 Å². The van der Waals surface area contributed by atoms with E-state index in [1.165, 1.54) is 11.9 Å². The van der Waals surface area contributed by atoms with Crippen molar-refractivity contribution in [2.45, 2.75) is 50.4 Å². The van der Waals surface area contributed by atoms with E-state index in [-0.39, 0.29) is 11.3 Å².